The minimum Gasteiger partial charge on any atom is -0.508 e. The normalized spacial score (nSPS) is 11.1. The number of aromatic hydroxyl groups is 1. The second kappa shape index (κ2) is 9.36. The molecule has 0 fully saturated rings. The van der Waals surface area contributed by atoms with Gasteiger partial charge in [0, 0.05) is 13.1 Å². The summed E-state index contributed by atoms with van der Waals surface area (Å²) >= 11 is 0. The topological polar surface area (TPSA) is 23.5 Å². The molecule has 0 unspecified atom stereocenters. The average Bonchev–Trinajstić information content (AvgIpc) is 2.56. The summed E-state index contributed by atoms with van der Waals surface area (Å²) in [4.78, 5) is 2.35. The van der Waals surface area contributed by atoms with E-state index in [2.05, 4.69) is 61.3 Å². The van der Waals surface area contributed by atoms with Crippen LogP contribution in [0.25, 0.3) is 0 Å². The van der Waals surface area contributed by atoms with Crippen LogP contribution in [-0.2, 0) is 19.4 Å². The number of unbranched alkanes of at least 4 members (excludes halogenated alkanes) is 2. The Hall–Kier alpha value is -1.80. The Morgan fingerprint density at radius 2 is 1.70 bits per heavy atom. The second-order valence-electron chi connectivity index (χ2n) is 6.39. The average molecular weight is 311 g/mol. The van der Waals surface area contributed by atoms with Gasteiger partial charge in [0.2, 0.25) is 0 Å². The van der Waals surface area contributed by atoms with Gasteiger partial charge in [0.15, 0.2) is 0 Å². The van der Waals surface area contributed by atoms with E-state index >= 15 is 0 Å². The highest BCUT2D eigenvalue weighted by molar-refractivity contribution is 5.36. The van der Waals surface area contributed by atoms with Gasteiger partial charge < -0.3 is 10.0 Å². The van der Waals surface area contributed by atoms with E-state index in [9.17, 15) is 5.11 Å². The Labute approximate surface area is 140 Å². The van der Waals surface area contributed by atoms with Crippen LogP contribution in [0, 0.1) is 0 Å². The van der Waals surface area contributed by atoms with E-state index in [-0.39, 0.29) is 0 Å². The fraction of sp³-hybridized carbons (Fsp3) is 0.429. The van der Waals surface area contributed by atoms with Crippen molar-refractivity contribution in [2.24, 2.45) is 0 Å². The van der Waals surface area contributed by atoms with Crippen LogP contribution in [0.5, 0.6) is 5.75 Å². The maximum atomic E-state index is 10.00. The number of aryl methyl sites for hydroxylation is 1. The maximum absolute atomic E-state index is 10.00. The van der Waals surface area contributed by atoms with Crippen molar-refractivity contribution in [3.63, 3.8) is 0 Å². The van der Waals surface area contributed by atoms with Gasteiger partial charge in [-0.05, 0) is 49.1 Å². The van der Waals surface area contributed by atoms with Gasteiger partial charge in [0.1, 0.15) is 5.75 Å². The molecule has 0 heterocycles. The highest BCUT2D eigenvalue weighted by Crippen LogP contribution is 2.21. The van der Waals surface area contributed by atoms with Gasteiger partial charge in [0.25, 0.3) is 0 Å². The number of hydrogen-bond donors (Lipinski definition) is 1. The Kier molecular flexibility index (Phi) is 7.15. The van der Waals surface area contributed by atoms with Crippen LogP contribution in [0.4, 0.5) is 0 Å². The van der Waals surface area contributed by atoms with Gasteiger partial charge in [-0.2, -0.15) is 0 Å². The zero-order valence-electron chi connectivity index (χ0n) is 14.5. The molecule has 0 saturated carbocycles. The summed E-state index contributed by atoms with van der Waals surface area (Å²) in [6.45, 7) is 4.20. The van der Waals surface area contributed by atoms with Crippen LogP contribution in [0.15, 0.2) is 48.5 Å². The fourth-order valence-electron chi connectivity index (χ4n) is 2.85. The number of hydrogen-bond acceptors (Lipinski definition) is 2. The van der Waals surface area contributed by atoms with Crippen LogP contribution in [0.1, 0.15) is 42.9 Å². The molecule has 0 atom stereocenters. The van der Waals surface area contributed by atoms with E-state index in [0.29, 0.717) is 5.75 Å². The van der Waals surface area contributed by atoms with E-state index in [1.54, 1.807) is 0 Å². The van der Waals surface area contributed by atoms with Gasteiger partial charge in [-0.25, -0.2) is 0 Å². The summed E-state index contributed by atoms with van der Waals surface area (Å²) in [7, 11) is 2.16. The summed E-state index contributed by atoms with van der Waals surface area (Å²) in [6, 6.07) is 16.7. The predicted octanol–water partition coefficient (Wildman–Crippen LogP) is 4.80. The van der Waals surface area contributed by atoms with Gasteiger partial charge in [0.05, 0.1) is 0 Å². The number of nitrogens with zero attached hydrogens (tertiary/aromatic N) is 1. The van der Waals surface area contributed by atoms with Crippen molar-refractivity contribution in [1.82, 2.24) is 4.90 Å². The van der Waals surface area contributed by atoms with Crippen molar-refractivity contribution < 1.29 is 5.11 Å². The number of phenols is 1. The summed E-state index contributed by atoms with van der Waals surface area (Å²) in [6.07, 6.45) is 5.59. The molecule has 0 radical (unpaired) electrons. The van der Waals surface area contributed by atoms with Crippen LogP contribution in [0.2, 0.25) is 0 Å². The molecule has 0 saturated heterocycles. The first-order valence-electron chi connectivity index (χ1n) is 8.72. The van der Waals surface area contributed by atoms with E-state index in [0.717, 1.165) is 37.9 Å². The zero-order valence-corrected chi connectivity index (χ0v) is 14.5. The number of phenolic OH excluding ortho intramolecular Hbond substituents is 1. The molecule has 0 amide bonds. The highest BCUT2D eigenvalue weighted by Gasteiger charge is 2.05. The third-order valence-corrected chi connectivity index (χ3v) is 4.27. The third-order valence-electron chi connectivity index (χ3n) is 4.27. The molecule has 0 aromatic heterocycles. The summed E-state index contributed by atoms with van der Waals surface area (Å²) in [5.41, 5.74) is 3.76. The van der Waals surface area contributed by atoms with E-state index in [4.69, 9.17) is 0 Å². The third kappa shape index (κ3) is 6.07. The van der Waals surface area contributed by atoms with E-state index in [1.165, 1.54) is 24.0 Å². The van der Waals surface area contributed by atoms with Crippen LogP contribution >= 0.6 is 0 Å². The molecule has 0 spiro atoms. The second-order valence-corrected chi connectivity index (χ2v) is 6.39. The molecule has 2 nitrogen and oxygen atoms in total. The molecule has 0 aliphatic carbocycles. The smallest absolute Gasteiger partial charge is 0.118 e. The molecule has 124 valence electrons. The van der Waals surface area contributed by atoms with Gasteiger partial charge in [-0.1, -0.05) is 62.2 Å². The van der Waals surface area contributed by atoms with Crippen LogP contribution < -0.4 is 0 Å². The van der Waals surface area contributed by atoms with Crippen molar-refractivity contribution in [2.45, 2.75) is 45.6 Å². The van der Waals surface area contributed by atoms with Crippen molar-refractivity contribution >= 4 is 0 Å². The largest absolute Gasteiger partial charge is 0.508 e. The van der Waals surface area contributed by atoms with Gasteiger partial charge in [-0.3, -0.25) is 0 Å². The first kappa shape index (κ1) is 17.6. The zero-order chi connectivity index (χ0) is 16.5. The highest BCUT2D eigenvalue weighted by atomic mass is 16.3. The molecule has 2 rings (SSSR count). The molecular formula is C21H29NO. The van der Waals surface area contributed by atoms with E-state index < -0.39 is 0 Å². The standard InChI is InChI=1S/C21H29NO/c1-3-4-6-11-20-16-18(12-13-21(20)23)14-15-22(2)17-19-9-7-5-8-10-19/h5,7-10,12-13,16,23H,3-4,6,11,14-15,17H2,1-2H3. The lowest BCUT2D eigenvalue weighted by Gasteiger charge is -2.17. The lowest BCUT2D eigenvalue weighted by Crippen LogP contribution is -2.20. The first-order chi connectivity index (χ1) is 11.2. The molecule has 0 aliphatic heterocycles. The molecule has 23 heavy (non-hydrogen) atoms. The molecule has 2 aromatic rings. The summed E-state index contributed by atoms with van der Waals surface area (Å²) in [5.74, 6) is 0.447. The molecular weight excluding hydrogens is 282 g/mol. The quantitative estimate of drug-likeness (QED) is 0.672. The van der Waals surface area contributed by atoms with Crippen molar-refractivity contribution in [3.05, 3.63) is 65.2 Å². The number of benzene rings is 2. The van der Waals surface area contributed by atoms with Crippen molar-refractivity contribution in [3.8, 4) is 5.75 Å². The number of likely N-dealkylation sites (N-methyl/N-ethyl adjacent to an activating group) is 1. The monoisotopic (exact) mass is 311 g/mol. The van der Waals surface area contributed by atoms with Crippen LogP contribution in [-0.4, -0.2) is 23.6 Å². The Balaban J connectivity index is 1.86. The Bertz CT molecular complexity index is 580. The Morgan fingerprint density at radius 1 is 0.913 bits per heavy atom. The summed E-state index contributed by atoms with van der Waals surface area (Å²) < 4.78 is 0. The minimum atomic E-state index is 0.447. The maximum Gasteiger partial charge on any atom is 0.118 e. The first-order valence-corrected chi connectivity index (χ1v) is 8.72. The fourth-order valence-corrected chi connectivity index (χ4v) is 2.85. The van der Waals surface area contributed by atoms with Gasteiger partial charge >= 0.3 is 0 Å². The van der Waals surface area contributed by atoms with Gasteiger partial charge in [-0.15, -0.1) is 0 Å². The summed E-state index contributed by atoms with van der Waals surface area (Å²) in [5, 5.41) is 10.00. The SMILES string of the molecule is CCCCCc1cc(CCN(C)Cc2ccccc2)ccc1O. The van der Waals surface area contributed by atoms with E-state index in [1.807, 2.05) is 6.07 Å². The Morgan fingerprint density at radius 3 is 2.43 bits per heavy atom. The minimum absolute atomic E-state index is 0.447. The van der Waals surface area contributed by atoms with Crippen LogP contribution in [0.3, 0.4) is 0 Å². The molecule has 2 heteroatoms. The number of rotatable bonds is 9. The molecule has 1 N–H and O–H groups in total. The predicted molar refractivity (Wildman–Crippen MR) is 97.8 cm³/mol. The van der Waals surface area contributed by atoms with Crippen molar-refractivity contribution in [2.75, 3.05) is 13.6 Å². The lowest BCUT2D eigenvalue weighted by atomic mass is 10.0. The molecule has 2 aromatic carbocycles. The van der Waals surface area contributed by atoms with Crippen molar-refractivity contribution in [1.29, 1.82) is 0 Å². The lowest BCUT2D eigenvalue weighted by molar-refractivity contribution is 0.331. The molecule has 0 bridgehead atoms. The molecule has 0 aliphatic rings.